The fourth-order valence-electron chi connectivity index (χ4n) is 3.30. The van der Waals surface area contributed by atoms with Crippen LogP contribution >= 0.6 is 11.6 Å². The van der Waals surface area contributed by atoms with Crippen molar-refractivity contribution >= 4 is 28.3 Å². The number of fused-ring (bicyclic) bond motifs is 1. The Morgan fingerprint density at radius 3 is 2.36 bits per heavy atom. The molecule has 0 bridgehead atoms. The Balaban J connectivity index is 1.78. The average molecular weight is 353 g/mol. The molecular formula is C20H21ClN4. The topological polar surface area (TPSA) is 32.3 Å². The van der Waals surface area contributed by atoms with Crippen LogP contribution in [0.3, 0.4) is 0 Å². The number of nitrogens with zero attached hydrogens (tertiary/aromatic N) is 4. The first kappa shape index (κ1) is 16.3. The van der Waals surface area contributed by atoms with Crippen molar-refractivity contribution in [2.45, 2.75) is 6.92 Å². The maximum Gasteiger partial charge on any atom is 0.162 e. The molecule has 1 aromatic heterocycles. The summed E-state index contributed by atoms with van der Waals surface area (Å²) < 4.78 is 0. The van der Waals surface area contributed by atoms with Crippen LogP contribution in [0.4, 0.5) is 5.82 Å². The van der Waals surface area contributed by atoms with E-state index in [1.807, 2.05) is 30.3 Å². The van der Waals surface area contributed by atoms with Crippen LogP contribution in [0.15, 0.2) is 48.5 Å². The Hall–Kier alpha value is -2.17. The second kappa shape index (κ2) is 6.98. The molecule has 4 nitrogen and oxygen atoms in total. The van der Waals surface area contributed by atoms with Gasteiger partial charge in [-0.2, -0.15) is 0 Å². The lowest BCUT2D eigenvalue weighted by atomic mass is 10.1. The van der Waals surface area contributed by atoms with Crippen LogP contribution < -0.4 is 4.90 Å². The summed E-state index contributed by atoms with van der Waals surface area (Å²) in [4.78, 5) is 14.6. The van der Waals surface area contributed by atoms with Gasteiger partial charge in [-0.05, 0) is 42.9 Å². The van der Waals surface area contributed by atoms with E-state index in [0.717, 1.165) is 65.9 Å². The molecule has 0 radical (unpaired) electrons. The molecule has 0 unspecified atom stereocenters. The molecule has 1 aliphatic rings. The first-order valence-corrected chi connectivity index (χ1v) is 9.12. The van der Waals surface area contributed by atoms with Gasteiger partial charge in [-0.1, -0.05) is 30.7 Å². The van der Waals surface area contributed by atoms with E-state index >= 15 is 0 Å². The fraction of sp³-hybridized carbons (Fsp3) is 0.300. The molecule has 4 rings (SSSR count). The van der Waals surface area contributed by atoms with Crippen LogP contribution in [0.25, 0.3) is 22.3 Å². The zero-order chi connectivity index (χ0) is 17.2. The summed E-state index contributed by atoms with van der Waals surface area (Å²) in [6, 6.07) is 16.0. The summed E-state index contributed by atoms with van der Waals surface area (Å²) in [5, 5.41) is 1.84. The molecule has 5 heteroatoms. The molecule has 2 heterocycles. The number of aromatic nitrogens is 2. The minimum Gasteiger partial charge on any atom is -0.353 e. The van der Waals surface area contributed by atoms with E-state index in [4.69, 9.17) is 21.6 Å². The van der Waals surface area contributed by atoms with E-state index in [1.165, 1.54) is 0 Å². The number of hydrogen-bond donors (Lipinski definition) is 0. The smallest absolute Gasteiger partial charge is 0.162 e. The van der Waals surface area contributed by atoms with E-state index in [1.54, 1.807) is 0 Å². The van der Waals surface area contributed by atoms with Gasteiger partial charge in [0.05, 0.1) is 5.52 Å². The number of rotatable bonds is 3. The Labute approximate surface area is 153 Å². The molecule has 0 atom stereocenters. The highest BCUT2D eigenvalue weighted by atomic mass is 35.5. The summed E-state index contributed by atoms with van der Waals surface area (Å²) in [5.74, 6) is 1.79. The standard InChI is InChI=1S/C20H21ClN4/c1-2-24-11-13-25(14-12-24)20-17-5-3-4-6-18(17)22-19(23-20)15-7-9-16(21)10-8-15/h3-10H,2,11-14H2,1H3. The van der Waals surface area contributed by atoms with E-state index in [-0.39, 0.29) is 0 Å². The molecule has 0 spiro atoms. The van der Waals surface area contributed by atoms with Gasteiger partial charge in [-0.3, -0.25) is 0 Å². The predicted molar refractivity (Wildman–Crippen MR) is 104 cm³/mol. The van der Waals surface area contributed by atoms with Crippen LogP contribution in [0.1, 0.15) is 6.92 Å². The van der Waals surface area contributed by atoms with Crippen molar-refractivity contribution in [2.75, 3.05) is 37.6 Å². The maximum absolute atomic E-state index is 6.02. The molecule has 1 saturated heterocycles. The fourth-order valence-corrected chi connectivity index (χ4v) is 3.43. The summed E-state index contributed by atoms with van der Waals surface area (Å²) >= 11 is 6.02. The molecule has 128 valence electrons. The number of hydrogen-bond acceptors (Lipinski definition) is 4. The molecule has 3 aromatic rings. The van der Waals surface area contributed by atoms with Gasteiger partial charge < -0.3 is 9.80 Å². The van der Waals surface area contributed by atoms with Crippen molar-refractivity contribution in [1.29, 1.82) is 0 Å². The third kappa shape index (κ3) is 3.32. The molecule has 1 fully saturated rings. The maximum atomic E-state index is 6.02. The number of benzene rings is 2. The second-order valence-corrected chi connectivity index (χ2v) is 6.75. The Bertz CT molecular complexity index is 871. The van der Waals surface area contributed by atoms with E-state index in [9.17, 15) is 0 Å². The first-order valence-electron chi connectivity index (χ1n) is 8.74. The highest BCUT2D eigenvalue weighted by Crippen LogP contribution is 2.28. The van der Waals surface area contributed by atoms with Gasteiger partial charge >= 0.3 is 0 Å². The first-order chi connectivity index (χ1) is 12.2. The highest BCUT2D eigenvalue weighted by Gasteiger charge is 2.20. The Kier molecular flexibility index (Phi) is 4.55. The molecule has 0 aliphatic carbocycles. The molecule has 0 amide bonds. The highest BCUT2D eigenvalue weighted by molar-refractivity contribution is 6.30. The third-order valence-electron chi connectivity index (χ3n) is 4.80. The molecule has 0 N–H and O–H groups in total. The van der Waals surface area contributed by atoms with Crippen LogP contribution in [-0.2, 0) is 0 Å². The van der Waals surface area contributed by atoms with E-state index < -0.39 is 0 Å². The SMILES string of the molecule is CCN1CCN(c2nc(-c3ccc(Cl)cc3)nc3ccccc23)CC1. The van der Waals surface area contributed by atoms with Crippen molar-refractivity contribution in [2.24, 2.45) is 0 Å². The van der Waals surface area contributed by atoms with Gasteiger partial charge in [0.2, 0.25) is 0 Å². The molecule has 2 aromatic carbocycles. The van der Waals surface area contributed by atoms with Gasteiger partial charge in [-0.15, -0.1) is 0 Å². The lowest BCUT2D eigenvalue weighted by Crippen LogP contribution is -2.46. The van der Waals surface area contributed by atoms with Crippen LogP contribution in [0.2, 0.25) is 5.02 Å². The predicted octanol–water partition coefficient (Wildman–Crippen LogP) is 4.09. The zero-order valence-corrected chi connectivity index (χ0v) is 15.1. The van der Waals surface area contributed by atoms with Crippen molar-refractivity contribution in [3.05, 3.63) is 53.6 Å². The minimum atomic E-state index is 0.723. The summed E-state index contributed by atoms with van der Waals surface area (Å²) in [7, 11) is 0. The molecule has 1 aliphatic heterocycles. The second-order valence-electron chi connectivity index (χ2n) is 6.32. The van der Waals surface area contributed by atoms with Gasteiger partial charge in [0.25, 0.3) is 0 Å². The van der Waals surface area contributed by atoms with Gasteiger partial charge in [-0.25, -0.2) is 9.97 Å². The summed E-state index contributed by atoms with van der Waals surface area (Å²) in [6.07, 6.45) is 0. The van der Waals surface area contributed by atoms with E-state index in [0.29, 0.717) is 0 Å². The molecular weight excluding hydrogens is 332 g/mol. The normalized spacial score (nSPS) is 15.7. The van der Waals surface area contributed by atoms with E-state index in [2.05, 4.69) is 34.9 Å². The van der Waals surface area contributed by atoms with Crippen LogP contribution in [-0.4, -0.2) is 47.6 Å². The van der Waals surface area contributed by atoms with Crippen LogP contribution in [0.5, 0.6) is 0 Å². The van der Waals surface area contributed by atoms with Gasteiger partial charge in [0, 0.05) is 42.2 Å². The molecule has 25 heavy (non-hydrogen) atoms. The Morgan fingerprint density at radius 2 is 1.64 bits per heavy atom. The quantitative estimate of drug-likeness (QED) is 0.710. The van der Waals surface area contributed by atoms with Gasteiger partial charge in [0.15, 0.2) is 5.82 Å². The average Bonchev–Trinajstić information content (AvgIpc) is 2.68. The number of para-hydroxylation sites is 1. The largest absolute Gasteiger partial charge is 0.353 e. The minimum absolute atomic E-state index is 0.723. The van der Waals surface area contributed by atoms with Crippen molar-refractivity contribution in [3.63, 3.8) is 0 Å². The van der Waals surface area contributed by atoms with Crippen LogP contribution in [0, 0.1) is 0 Å². The lowest BCUT2D eigenvalue weighted by Gasteiger charge is -2.35. The van der Waals surface area contributed by atoms with Gasteiger partial charge in [0.1, 0.15) is 5.82 Å². The number of piperazine rings is 1. The lowest BCUT2D eigenvalue weighted by molar-refractivity contribution is 0.271. The number of anilines is 1. The molecule has 0 saturated carbocycles. The van der Waals surface area contributed by atoms with Crippen molar-refractivity contribution < 1.29 is 0 Å². The van der Waals surface area contributed by atoms with Crippen molar-refractivity contribution in [3.8, 4) is 11.4 Å². The Morgan fingerprint density at radius 1 is 0.920 bits per heavy atom. The third-order valence-corrected chi connectivity index (χ3v) is 5.06. The zero-order valence-electron chi connectivity index (χ0n) is 14.3. The summed E-state index contributed by atoms with van der Waals surface area (Å²) in [5.41, 5.74) is 1.97. The number of likely N-dealkylation sites (N-methyl/N-ethyl adjacent to an activating group) is 1. The van der Waals surface area contributed by atoms with Crippen molar-refractivity contribution in [1.82, 2.24) is 14.9 Å². The monoisotopic (exact) mass is 352 g/mol. The summed E-state index contributed by atoms with van der Waals surface area (Å²) in [6.45, 7) is 7.46. The number of halogens is 1.